The molecule has 1 aromatic heterocycles. The van der Waals surface area contributed by atoms with Crippen LogP contribution in [0.5, 0.6) is 0 Å². The number of carbonyl (C=O) groups excluding carboxylic acids is 2. The van der Waals surface area contributed by atoms with E-state index in [9.17, 15) is 9.59 Å². The number of benzene rings is 2. The fourth-order valence-electron chi connectivity index (χ4n) is 5.10. The van der Waals surface area contributed by atoms with E-state index in [1.165, 1.54) is 5.69 Å². The minimum Gasteiger partial charge on any atom is -0.371 e. The van der Waals surface area contributed by atoms with Crippen molar-refractivity contribution in [1.82, 2.24) is 9.88 Å². The number of rotatable bonds is 5. The monoisotopic (exact) mass is 469 g/mol. The quantitative estimate of drug-likeness (QED) is 0.619. The summed E-state index contributed by atoms with van der Waals surface area (Å²) in [4.78, 5) is 36.9. The van der Waals surface area contributed by atoms with Gasteiger partial charge in [0, 0.05) is 62.1 Å². The van der Waals surface area contributed by atoms with Crippen LogP contribution in [0.1, 0.15) is 34.3 Å². The maximum atomic E-state index is 13.5. The highest BCUT2D eigenvalue weighted by Gasteiger charge is 2.31. The van der Waals surface area contributed by atoms with Gasteiger partial charge in [0.2, 0.25) is 5.91 Å². The summed E-state index contributed by atoms with van der Waals surface area (Å²) in [5, 5.41) is 0. The Morgan fingerprint density at radius 3 is 2.51 bits per heavy atom. The summed E-state index contributed by atoms with van der Waals surface area (Å²) in [6, 6.07) is 19.4. The van der Waals surface area contributed by atoms with Crippen molar-refractivity contribution in [3.05, 3.63) is 89.7 Å². The Morgan fingerprint density at radius 2 is 1.74 bits per heavy atom. The van der Waals surface area contributed by atoms with Crippen LogP contribution in [-0.2, 0) is 17.9 Å². The van der Waals surface area contributed by atoms with E-state index in [0.29, 0.717) is 31.1 Å². The molecule has 1 fully saturated rings. The molecule has 2 N–H and O–H groups in total. The van der Waals surface area contributed by atoms with Crippen molar-refractivity contribution in [2.45, 2.75) is 25.9 Å². The molecule has 0 radical (unpaired) electrons. The van der Waals surface area contributed by atoms with Crippen LogP contribution in [0.2, 0.25) is 0 Å². The van der Waals surface area contributed by atoms with Gasteiger partial charge in [0.15, 0.2) is 0 Å². The molecule has 180 valence electrons. The topological polar surface area (TPSA) is 82.8 Å². The van der Waals surface area contributed by atoms with Gasteiger partial charge < -0.3 is 20.4 Å². The van der Waals surface area contributed by atoms with E-state index in [4.69, 9.17) is 5.73 Å². The predicted octanol–water partition coefficient (Wildman–Crippen LogP) is 3.45. The molecule has 2 aromatic carbocycles. The SMILES string of the molecule is NCc1cccc(C(=O)N2CC(=O)N(CC3CCN(c4ccncc4)CC3)c3ccccc3C2)c1. The van der Waals surface area contributed by atoms with Gasteiger partial charge in [-0.05, 0) is 60.2 Å². The average molecular weight is 470 g/mol. The second kappa shape index (κ2) is 10.3. The third-order valence-corrected chi connectivity index (χ3v) is 7.05. The standard InChI is InChI=1S/C28H31N5O2/c29-17-22-4-3-6-23(16-22)28(35)32-19-24-5-1-2-7-26(24)33(27(34)20-32)18-21-10-14-31(15-11-21)25-8-12-30-13-9-25/h1-9,12-13,16,21H,10-11,14-15,17-20,29H2. The van der Waals surface area contributed by atoms with Crippen LogP contribution in [0, 0.1) is 5.92 Å². The summed E-state index contributed by atoms with van der Waals surface area (Å²) in [5.74, 6) is 0.236. The van der Waals surface area contributed by atoms with Gasteiger partial charge in [0.1, 0.15) is 6.54 Å². The van der Waals surface area contributed by atoms with Crippen molar-refractivity contribution < 1.29 is 9.59 Å². The Morgan fingerprint density at radius 1 is 0.971 bits per heavy atom. The molecule has 0 bridgehead atoms. The Balaban J connectivity index is 1.32. The Bertz CT molecular complexity index is 1190. The zero-order valence-electron chi connectivity index (χ0n) is 19.8. The molecule has 0 spiro atoms. The lowest BCUT2D eigenvalue weighted by Gasteiger charge is -2.36. The average Bonchev–Trinajstić information content (AvgIpc) is 3.05. The van der Waals surface area contributed by atoms with Crippen molar-refractivity contribution >= 4 is 23.2 Å². The molecule has 0 atom stereocenters. The summed E-state index contributed by atoms with van der Waals surface area (Å²) in [7, 11) is 0. The van der Waals surface area contributed by atoms with Crippen LogP contribution in [0.25, 0.3) is 0 Å². The molecule has 35 heavy (non-hydrogen) atoms. The summed E-state index contributed by atoms with van der Waals surface area (Å²) in [6.07, 6.45) is 5.69. The van der Waals surface area contributed by atoms with E-state index in [1.54, 1.807) is 11.0 Å². The first-order valence-corrected chi connectivity index (χ1v) is 12.2. The number of anilines is 2. The number of hydrogen-bond acceptors (Lipinski definition) is 5. The van der Waals surface area contributed by atoms with E-state index in [0.717, 1.165) is 42.7 Å². The van der Waals surface area contributed by atoms with Gasteiger partial charge in [-0.15, -0.1) is 0 Å². The molecule has 0 saturated carbocycles. The van der Waals surface area contributed by atoms with Gasteiger partial charge >= 0.3 is 0 Å². The molecule has 7 heteroatoms. The summed E-state index contributed by atoms with van der Waals surface area (Å²) in [6.45, 7) is 3.43. The Hall–Kier alpha value is -3.71. The molecule has 2 aliphatic heterocycles. The first kappa shape index (κ1) is 23.1. The summed E-state index contributed by atoms with van der Waals surface area (Å²) >= 11 is 0. The van der Waals surface area contributed by atoms with E-state index in [2.05, 4.69) is 9.88 Å². The zero-order chi connectivity index (χ0) is 24.2. The molecule has 2 aliphatic rings. The Kier molecular flexibility index (Phi) is 6.77. The first-order chi connectivity index (χ1) is 17.1. The fraction of sp³-hybridized carbons (Fsp3) is 0.321. The molecule has 5 rings (SSSR count). The number of aromatic nitrogens is 1. The highest BCUT2D eigenvalue weighted by Crippen LogP contribution is 2.30. The number of nitrogens with zero attached hydrogens (tertiary/aromatic N) is 4. The van der Waals surface area contributed by atoms with Gasteiger partial charge in [0.25, 0.3) is 5.91 Å². The highest BCUT2D eigenvalue weighted by atomic mass is 16.2. The van der Waals surface area contributed by atoms with Crippen LogP contribution in [0.4, 0.5) is 11.4 Å². The number of pyridine rings is 1. The van der Waals surface area contributed by atoms with Gasteiger partial charge in [-0.1, -0.05) is 30.3 Å². The molecule has 0 aliphatic carbocycles. The lowest BCUT2D eigenvalue weighted by atomic mass is 9.95. The van der Waals surface area contributed by atoms with Crippen molar-refractivity contribution in [1.29, 1.82) is 0 Å². The lowest BCUT2D eigenvalue weighted by Crippen LogP contribution is -2.44. The lowest BCUT2D eigenvalue weighted by molar-refractivity contribution is -0.119. The van der Waals surface area contributed by atoms with E-state index in [-0.39, 0.29) is 18.4 Å². The van der Waals surface area contributed by atoms with Crippen LogP contribution < -0.4 is 15.5 Å². The number of carbonyl (C=O) groups is 2. The van der Waals surface area contributed by atoms with Crippen LogP contribution in [0.3, 0.4) is 0 Å². The maximum Gasteiger partial charge on any atom is 0.254 e. The predicted molar refractivity (Wildman–Crippen MR) is 137 cm³/mol. The van der Waals surface area contributed by atoms with Crippen molar-refractivity contribution in [3.63, 3.8) is 0 Å². The zero-order valence-corrected chi connectivity index (χ0v) is 19.8. The van der Waals surface area contributed by atoms with Crippen LogP contribution in [0.15, 0.2) is 73.1 Å². The van der Waals surface area contributed by atoms with Crippen LogP contribution >= 0.6 is 0 Å². The van der Waals surface area contributed by atoms with Crippen molar-refractivity contribution in [2.75, 3.05) is 36.0 Å². The van der Waals surface area contributed by atoms with Gasteiger partial charge in [-0.3, -0.25) is 14.6 Å². The number of para-hydroxylation sites is 1. The van der Waals surface area contributed by atoms with Crippen molar-refractivity contribution in [3.8, 4) is 0 Å². The normalized spacial score (nSPS) is 16.7. The number of hydrogen-bond donors (Lipinski definition) is 1. The summed E-state index contributed by atoms with van der Waals surface area (Å²) in [5.41, 5.74) is 10.3. The third-order valence-electron chi connectivity index (χ3n) is 7.05. The molecule has 1 saturated heterocycles. The maximum absolute atomic E-state index is 13.5. The van der Waals surface area contributed by atoms with E-state index >= 15 is 0 Å². The minimum absolute atomic E-state index is 0.0326. The first-order valence-electron chi connectivity index (χ1n) is 12.2. The Labute approximate surface area is 206 Å². The number of amides is 2. The van der Waals surface area contributed by atoms with Crippen molar-refractivity contribution in [2.24, 2.45) is 11.7 Å². The van der Waals surface area contributed by atoms with Gasteiger partial charge in [-0.2, -0.15) is 0 Å². The highest BCUT2D eigenvalue weighted by molar-refractivity contribution is 6.02. The van der Waals surface area contributed by atoms with E-state index in [1.807, 2.05) is 71.9 Å². The second-order valence-electron chi connectivity index (χ2n) is 9.33. The molecular weight excluding hydrogens is 438 g/mol. The van der Waals surface area contributed by atoms with Gasteiger partial charge in [-0.25, -0.2) is 0 Å². The number of fused-ring (bicyclic) bond motifs is 1. The third kappa shape index (κ3) is 5.05. The minimum atomic E-state index is -0.143. The number of piperidine rings is 1. The smallest absolute Gasteiger partial charge is 0.254 e. The molecule has 3 heterocycles. The molecule has 0 unspecified atom stereocenters. The molecule has 7 nitrogen and oxygen atoms in total. The number of nitrogens with two attached hydrogens (primary N) is 1. The molecular formula is C28H31N5O2. The largest absolute Gasteiger partial charge is 0.371 e. The second-order valence-corrected chi connectivity index (χ2v) is 9.33. The molecule has 3 aromatic rings. The van der Waals surface area contributed by atoms with Gasteiger partial charge in [0.05, 0.1) is 0 Å². The van der Waals surface area contributed by atoms with E-state index < -0.39 is 0 Å². The summed E-state index contributed by atoms with van der Waals surface area (Å²) < 4.78 is 0. The van der Waals surface area contributed by atoms with Crippen LogP contribution in [-0.4, -0.2) is 47.9 Å². The fourth-order valence-corrected chi connectivity index (χ4v) is 5.10. The molecule has 2 amide bonds.